The molecule has 0 amide bonds. The number of ether oxygens (including phenoxy) is 2. The van der Waals surface area contributed by atoms with Gasteiger partial charge < -0.3 is 19.5 Å². The fourth-order valence-corrected chi connectivity index (χ4v) is 5.10. The molecule has 0 fully saturated rings. The number of carboxylic acid groups (broad SMARTS) is 1. The van der Waals surface area contributed by atoms with Gasteiger partial charge in [-0.15, -0.1) is 0 Å². The molecule has 1 aliphatic heterocycles. The minimum absolute atomic E-state index is 0.187. The first-order valence-corrected chi connectivity index (χ1v) is 12.6. The Hall–Kier alpha value is -4.06. The van der Waals surface area contributed by atoms with Crippen LogP contribution >= 0.6 is 0 Å². The first-order chi connectivity index (χ1) is 18.0. The Bertz CT molecular complexity index is 1400. The van der Waals surface area contributed by atoms with Crippen molar-refractivity contribution in [2.45, 2.75) is 38.2 Å². The number of rotatable bonds is 9. The fraction of sp³-hybridized carbons (Fsp3) is 0.258. The van der Waals surface area contributed by atoms with Crippen LogP contribution in [-0.4, -0.2) is 30.3 Å². The van der Waals surface area contributed by atoms with Gasteiger partial charge in [0.15, 0.2) is 18.2 Å². The van der Waals surface area contributed by atoms with Gasteiger partial charge in [0.05, 0.1) is 12.2 Å². The molecule has 4 aromatic rings. The maximum absolute atomic E-state index is 14.8. The molecule has 5 rings (SSSR count). The Morgan fingerprint density at radius 3 is 2.73 bits per heavy atom. The summed E-state index contributed by atoms with van der Waals surface area (Å²) in [7, 11) is 0. The van der Waals surface area contributed by atoms with Gasteiger partial charge in [0.25, 0.3) is 0 Å². The maximum atomic E-state index is 14.8. The van der Waals surface area contributed by atoms with E-state index >= 15 is 0 Å². The molecule has 6 heteroatoms. The van der Waals surface area contributed by atoms with E-state index in [-0.39, 0.29) is 11.9 Å². The van der Waals surface area contributed by atoms with Crippen molar-refractivity contribution < 1.29 is 23.8 Å². The highest BCUT2D eigenvalue weighted by atomic mass is 19.1. The molecule has 0 bridgehead atoms. The SMILES string of the molecule is C[C@@H](CCCC1CN(c2cccc(OCC(=O)O)c2)c2cccc(F)c2O1)c1cccc2ccccc12. The molecule has 0 saturated carbocycles. The lowest BCUT2D eigenvalue weighted by Crippen LogP contribution is -2.37. The molecule has 0 aliphatic carbocycles. The highest BCUT2D eigenvalue weighted by molar-refractivity contribution is 5.86. The largest absolute Gasteiger partial charge is 0.483 e. The molecule has 5 nitrogen and oxygen atoms in total. The molecular formula is C31H30FNO4. The summed E-state index contributed by atoms with van der Waals surface area (Å²) in [5, 5.41) is 11.5. The third-order valence-corrected chi connectivity index (χ3v) is 6.92. The van der Waals surface area contributed by atoms with E-state index in [0.717, 1.165) is 24.9 Å². The van der Waals surface area contributed by atoms with E-state index in [0.29, 0.717) is 23.9 Å². The minimum atomic E-state index is -1.04. The second-order valence-electron chi connectivity index (χ2n) is 9.52. The Morgan fingerprint density at radius 1 is 1.08 bits per heavy atom. The number of halogens is 1. The van der Waals surface area contributed by atoms with Crippen molar-refractivity contribution in [3.8, 4) is 11.5 Å². The Labute approximate surface area is 216 Å². The lowest BCUT2D eigenvalue weighted by molar-refractivity contribution is -0.139. The maximum Gasteiger partial charge on any atom is 0.341 e. The van der Waals surface area contributed by atoms with Crippen LogP contribution in [-0.2, 0) is 4.79 Å². The van der Waals surface area contributed by atoms with Crippen LogP contribution in [0.25, 0.3) is 10.8 Å². The van der Waals surface area contributed by atoms with E-state index in [1.807, 2.05) is 23.1 Å². The molecular weight excluding hydrogens is 469 g/mol. The lowest BCUT2D eigenvalue weighted by atomic mass is 9.90. The summed E-state index contributed by atoms with van der Waals surface area (Å²) in [6.07, 6.45) is 2.53. The summed E-state index contributed by atoms with van der Waals surface area (Å²) in [6.45, 7) is 2.39. The smallest absolute Gasteiger partial charge is 0.341 e. The number of para-hydroxylation sites is 1. The van der Waals surface area contributed by atoms with Gasteiger partial charge in [-0.05, 0) is 65.8 Å². The van der Waals surface area contributed by atoms with Crippen LogP contribution in [0, 0.1) is 5.82 Å². The molecule has 2 atom stereocenters. The topological polar surface area (TPSA) is 59.0 Å². The van der Waals surface area contributed by atoms with E-state index in [2.05, 4.69) is 49.4 Å². The van der Waals surface area contributed by atoms with Gasteiger partial charge in [0.2, 0.25) is 0 Å². The molecule has 1 heterocycles. The summed E-state index contributed by atoms with van der Waals surface area (Å²) < 4.78 is 26.3. The van der Waals surface area contributed by atoms with Crippen LogP contribution in [0.3, 0.4) is 0 Å². The molecule has 37 heavy (non-hydrogen) atoms. The Balaban J connectivity index is 1.31. The van der Waals surface area contributed by atoms with Crippen LogP contribution in [0.5, 0.6) is 11.5 Å². The molecule has 1 N–H and O–H groups in total. The molecule has 0 spiro atoms. The van der Waals surface area contributed by atoms with E-state index in [9.17, 15) is 9.18 Å². The zero-order valence-electron chi connectivity index (χ0n) is 20.8. The van der Waals surface area contributed by atoms with Gasteiger partial charge in [-0.1, -0.05) is 61.5 Å². The van der Waals surface area contributed by atoms with Gasteiger partial charge in [-0.2, -0.15) is 0 Å². The number of anilines is 2. The Kier molecular flexibility index (Phi) is 7.26. The highest BCUT2D eigenvalue weighted by Gasteiger charge is 2.29. The normalized spacial score (nSPS) is 15.6. The van der Waals surface area contributed by atoms with E-state index in [4.69, 9.17) is 14.6 Å². The Morgan fingerprint density at radius 2 is 1.86 bits per heavy atom. The molecule has 190 valence electrons. The van der Waals surface area contributed by atoms with Gasteiger partial charge in [0.1, 0.15) is 11.9 Å². The number of hydrogen-bond donors (Lipinski definition) is 1. The predicted octanol–water partition coefficient (Wildman–Crippen LogP) is 7.32. The average Bonchev–Trinajstić information content (AvgIpc) is 2.92. The zero-order valence-corrected chi connectivity index (χ0v) is 20.8. The quantitative estimate of drug-likeness (QED) is 0.262. The number of aliphatic carboxylic acids is 1. The second kappa shape index (κ2) is 10.9. The van der Waals surface area contributed by atoms with Crippen molar-refractivity contribution in [3.63, 3.8) is 0 Å². The van der Waals surface area contributed by atoms with Crippen LogP contribution in [0.1, 0.15) is 37.7 Å². The summed E-state index contributed by atoms with van der Waals surface area (Å²) in [5.74, 6) is -0.350. The molecule has 0 saturated heterocycles. The van der Waals surface area contributed by atoms with Crippen molar-refractivity contribution in [1.82, 2.24) is 0 Å². The predicted molar refractivity (Wildman–Crippen MR) is 144 cm³/mol. The van der Waals surface area contributed by atoms with E-state index in [1.165, 1.54) is 22.4 Å². The molecule has 0 radical (unpaired) electrons. The first-order valence-electron chi connectivity index (χ1n) is 12.6. The summed E-state index contributed by atoms with van der Waals surface area (Å²) in [4.78, 5) is 12.9. The van der Waals surface area contributed by atoms with Gasteiger partial charge >= 0.3 is 5.97 Å². The lowest BCUT2D eigenvalue weighted by Gasteiger charge is -2.36. The highest BCUT2D eigenvalue weighted by Crippen LogP contribution is 2.41. The van der Waals surface area contributed by atoms with Crippen molar-refractivity contribution >= 4 is 28.1 Å². The molecule has 1 unspecified atom stereocenters. The number of carboxylic acids is 1. The monoisotopic (exact) mass is 499 g/mol. The van der Waals surface area contributed by atoms with Crippen LogP contribution in [0.2, 0.25) is 0 Å². The second-order valence-corrected chi connectivity index (χ2v) is 9.52. The molecule has 0 aromatic heterocycles. The van der Waals surface area contributed by atoms with Crippen molar-refractivity contribution in [3.05, 3.63) is 96.3 Å². The third kappa shape index (κ3) is 5.53. The summed E-state index contributed by atoms with van der Waals surface area (Å²) in [5.41, 5.74) is 2.79. The van der Waals surface area contributed by atoms with Crippen LogP contribution in [0.4, 0.5) is 15.8 Å². The van der Waals surface area contributed by atoms with Gasteiger partial charge in [-0.3, -0.25) is 0 Å². The van der Waals surface area contributed by atoms with Crippen molar-refractivity contribution in [2.75, 3.05) is 18.1 Å². The molecule has 1 aliphatic rings. The van der Waals surface area contributed by atoms with Crippen LogP contribution in [0.15, 0.2) is 84.9 Å². The zero-order chi connectivity index (χ0) is 25.8. The van der Waals surface area contributed by atoms with Crippen molar-refractivity contribution in [1.29, 1.82) is 0 Å². The first kappa shape index (κ1) is 24.6. The van der Waals surface area contributed by atoms with Crippen LogP contribution < -0.4 is 14.4 Å². The van der Waals surface area contributed by atoms with E-state index in [1.54, 1.807) is 18.2 Å². The average molecular weight is 500 g/mol. The van der Waals surface area contributed by atoms with E-state index < -0.39 is 18.4 Å². The standard InChI is InChI=1S/C31H30FNO4/c1-21(26-15-5-10-22-9-2-3-14-27(22)26)8-4-13-25-19-33(29-17-7-16-28(32)31(29)37-25)23-11-6-12-24(18-23)36-20-30(34)35/h2-3,5-7,9-12,14-18,21,25H,4,8,13,19-20H2,1H3,(H,34,35)/t21-,25?/m0/s1. The van der Waals surface area contributed by atoms with Gasteiger partial charge in [-0.25, -0.2) is 9.18 Å². The number of hydrogen-bond acceptors (Lipinski definition) is 4. The fourth-order valence-electron chi connectivity index (χ4n) is 5.10. The van der Waals surface area contributed by atoms with Crippen molar-refractivity contribution in [2.24, 2.45) is 0 Å². The molecule has 4 aromatic carbocycles. The summed E-state index contributed by atoms with van der Waals surface area (Å²) >= 11 is 0. The number of benzene rings is 4. The number of carbonyl (C=O) groups is 1. The number of nitrogens with zero attached hydrogens (tertiary/aromatic N) is 1. The third-order valence-electron chi connectivity index (χ3n) is 6.92. The minimum Gasteiger partial charge on any atom is -0.483 e. The number of fused-ring (bicyclic) bond motifs is 2. The summed E-state index contributed by atoms with van der Waals surface area (Å²) in [6, 6.07) is 27.1. The van der Waals surface area contributed by atoms with Gasteiger partial charge in [0, 0.05) is 11.8 Å².